The van der Waals surface area contributed by atoms with Crippen molar-refractivity contribution in [2.75, 3.05) is 10.7 Å². The van der Waals surface area contributed by atoms with Crippen LogP contribution in [0, 0.1) is 0 Å². The number of hydrogen-bond donors (Lipinski definition) is 2. The number of rotatable bonds is 5. The number of amides is 1. The molecule has 0 bridgehead atoms. The number of carboxylic acids is 1. The van der Waals surface area contributed by atoms with Crippen LogP contribution in [0.5, 0.6) is 0 Å². The zero-order valence-electron chi connectivity index (χ0n) is 11.9. The maximum Gasteiger partial charge on any atom is 0.221 e. The first-order valence-corrected chi connectivity index (χ1v) is 6.53. The molecule has 2 N–H and O–H groups in total. The molecule has 2 aromatic rings. The monoisotopic (exact) mass is 296 g/mol. The fraction of sp³-hybridized carbons (Fsp3) is 0.0625. The summed E-state index contributed by atoms with van der Waals surface area (Å²) in [6.45, 7) is 1.45. The van der Waals surface area contributed by atoms with Gasteiger partial charge in [0.05, 0.1) is 17.9 Å². The smallest absolute Gasteiger partial charge is 0.221 e. The van der Waals surface area contributed by atoms with Crippen LogP contribution in [-0.2, 0) is 4.79 Å². The number of carbonyl (C=O) groups is 2. The number of aromatic carboxylic acids is 1. The summed E-state index contributed by atoms with van der Waals surface area (Å²) in [5, 5.41) is 17.3. The molecule has 0 spiro atoms. The van der Waals surface area contributed by atoms with E-state index in [0.717, 1.165) is 11.3 Å². The number of anilines is 2. The van der Waals surface area contributed by atoms with Gasteiger partial charge in [-0.3, -0.25) is 10.2 Å². The van der Waals surface area contributed by atoms with E-state index in [0.29, 0.717) is 5.69 Å². The summed E-state index contributed by atoms with van der Waals surface area (Å²) in [6, 6.07) is 13.3. The Morgan fingerprint density at radius 3 is 2.14 bits per heavy atom. The Labute approximate surface area is 127 Å². The average molecular weight is 296 g/mol. The second-order valence-electron chi connectivity index (χ2n) is 4.54. The first-order valence-electron chi connectivity index (χ1n) is 6.53. The predicted molar refractivity (Wildman–Crippen MR) is 82.7 cm³/mol. The number of hydrogen-bond acceptors (Lipinski definition) is 5. The summed E-state index contributed by atoms with van der Waals surface area (Å²) in [5.74, 6) is -1.34. The number of nitrogens with one attached hydrogen (secondary N) is 2. The van der Waals surface area contributed by atoms with E-state index in [9.17, 15) is 14.7 Å². The van der Waals surface area contributed by atoms with Crippen LogP contribution in [0.2, 0.25) is 0 Å². The van der Waals surface area contributed by atoms with Crippen LogP contribution in [0.3, 0.4) is 0 Å². The maximum atomic E-state index is 10.9. The van der Waals surface area contributed by atoms with E-state index in [-0.39, 0.29) is 11.5 Å². The Hall–Kier alpha value is -3.15. The van der Waals surface area contributed by atoms with Gasteiger partial charge >= 0.3 is 0 Å². The highest BCUT2D eigenvalue weighted by atomic mass is 16.4. The molecule has 6 nitrogen and oxygen atoms in total. The highest BCUT2D eigenvalue weighted by Crippen LogP contribution is 2.10. The van der Waals surface area contributed by atoms with Crippen molar-refractivity contribution in [3.8, 4) is 0 Å². The molecule has 0 aliphatic heterocycles. The Kier molecular flexibility index (Phi) is 4.87. The molecule has 112 valence electrons. The lowest BCUT2D eigenvalue weighted by Gasteiger charge is -2.04. The van der Waals surface area contributed by atoms with Crippen LogP contribution in [0.25, 0.3) is 0 Å². The van der Waals surface area contributed by atoms with E-state index in [1.165, 1.54) is 19.1 Å². The Balaban J connectivity index is 1.94. The minimum absolute atomic E-state index is 0.114. The van der Waals surface area contributed by atoms with E-state index in [2.05, 4.69) is 15.8 Å². The topological polar surface area (TPSA) is 93.6 Å². The summed E-state index contributed by atoms with van der Waals surface area (Å²) in [6.07, 6.45) is 1.62. The quantitative estimate of drug-likeness (QED) is 0.645. The second-order valence-corrected chi connectivity index (χ2v) is 4.54. The fourth-order valence-electron chi connectivity index (χ4n) is 1.72. The van der Waals surface area contributed by atoms with Crippen molar-refractivity contribution in [3.63, 3.8) is 0 Å². The number of carboxylic acid groups (broad SMARTS) is 1. The predicted octanol–water partition coefficient (Wildman–Crippen LogP) is 1.45. The zero-order chi connectivity index (χ0) is 15.9. The number of nitrogens with zero attached hydrogens (tertiary/aromatic N) is 1. The van der Waals surface area contributed by atoms with E-state index in [1.54, 1.807) is 30.5 Å². The lowest BCUT2D eigenvalue weighted by atomic mass is 10.2. The van der Waals surface area contributed by atoms with E-state index < -0.39 is 5.97 Å². The van der Waals surface area contributed by atoms with Gasteiger partial charge in [0, 0.05) is 12.6 Å². The van der Waals surface area contributed by atoms with Crippen LogP contribution in [-0.4, -0.2) is 18.1 Å². The number of carbonyl (C=O) groups excluding carboxylic acids is 2. The Morgan fingerprint density at radius 2 is 1.59 bits per heavy atom. The highest BCUT2D eigenvalue weighted by molar-refractivity contribution is 5.89. The Morgan fingerprint density at radius 1 is 1.00 bits per heavy atom. The summed E-state index contributed by atoms with van der Waals surface area (Å²) < 4.78 is 0. The van der Waals surface area contributed by atoms with Crippen molar-refractivity contribution in [2.24, 2.45) is 5.10 Å². The third-order valence-corrected chi connectivity index (χ3v) is 2.76. The molecule has 0 aliphatic carbocycles. The largest absolute Gasteiger partial charge is 0.545 e. The molecule has 1 amide bonds. The first kappa shape index (κ1) is 15.2. The van der Waals surface area contributed by atoms with Gasteiger partial charge in [-0.2, -0.15) is 5.10 Å². The van der Waals surface area contributed by atoms with Crippen molar-refractivity contribution in [1.29, 1.82) is 0 Å². The SMILES string of the molecule is CC(=O)Nc1ccc(/C=N\Nc2ccc(C(=O)[O-])cc2)cc1. The second kappa shape index (κ2) is 7.03. The van der Waals surface area contributed by atoms with Crippen LogP contribution < -0.4 is 15.8 Å². The van der Waals surface area contributed by atoms with Gasteiger partial charge in [0.1, 0.15) is 0 Å². The number of hydrazone groups is 1. The van der Waals surface area contributed by atoms with Gasteiger partial charge < -0.3 is 15.2 Å². The summed E-state index contributed by atoms with van der Waals surface area (Å²) in [7, 11) is 0. The van der Waals surface area contributed by atoms with Crippen molar-refractivity contribution in [2.45, 2.75) is 6.92 Å². The normalized spacial score (nSPS) is 10.4. The van der Waals surface area contributed by atoms with Gasteiger partial charge in [0.25, 0.3) is 0 Å². The zero-order valence-corrected chi connectivity index (χ0v) is 11.9. The van der Waals surface area contributed by atoms with Crippen LogP contribution >= 0.6 is 0 Å². The molecule has 6 heteroatoms. The van der Waals surface area contributed by atoms with E-state index in [4.69, 9.17) is 0 Å². The van der Waals surface area contributed by atoms with Gasteiger partial charge in [0.15, 0.2) is 0 Å². The maximum absolute atomic E-state index is 10.9. The summed E-state index contributed by atoms with van der Waals surface area (Å²) in [5.41, 5.74) is 5.14. The highest BCUT2D eigenvalue weighted by Gasteiger charge is 1.95. The molecule has 0 aromatic heterocycles. The van der Waals surface area contributed by atoms with Crippen LogP contribution in [0.1, 0.15) is 22.8 Å². The van der Waals surface area contributed by atoms with E-state index in [1.807, 2.05) is 12.1 Å². The minimum atomic E-state index is -1.21. The molecule has 0 heterocycles. The van der Waals surface area contributed by atoms with Gasteiger partial charge in [-0.1, -0.05) is 24.3 Å². The minimum Gasteiger partial charge on any atom is -0.545 e. The molecule has 0 unspecified atom stereocenters. The van der Waals surface area contributed by atoms with Gasteiger partial charge in [-0.05, 0) is 35.4 Å². The number of benzene rings is 2. The molecule has 0 fully saturated rings. The first-order chi connectivity index (χ1) is 10.5. The molecule has 0 saturated heterocycles. The lowest BCUT2D eigenvalue weighted by Crippen LogP contribution is -2.21. The van der Waals surface area contributed by atoms with Crippen molar-refractivity contribution < 1.29 is 14.7 Å². The lowest BCUT2D eigenvalue weighted by molar-refractivity contribution is -0.255. The third kappa shape index (κ3) is 4.45. The van der Waals surface area contributed by atoms with Crippen LogP contribution in [0.15, 0.2) is 53.6 Å². The molecule has 22 heavy (non-hydrogen) atoms. The third-order valence-electron chi connectivity index (χ3n) is 2.76. The van der Waals surface area contributed by atoms with Crippen molar-refractivity contribution >= 4 is 29.5 Å². The van der Waals surface area contributed by atoms with Crippen LogP contribution in [0.4, 0.5) is 11.4 Å². The molecule has 2 aromatic carbocycles. The van der Waals surface area contributed by atoms with Gasteiger partial charge in [-0.25, -0.2) is 0 Å². The molecular weight excluding hydrogens is 282 g/mol. The molecule has 0 atom stereocenters. The summed E-state index contributed by atoms with van der Waals surface area (Å²) in [4.78, 5) is 21.5. The molecule has 0 saturated carbocycles. The average Bonchev–Trinajstić information content (AvgIpc) is 2.49. The summed E-state index contributed by atoms with van der Waals surface area (Å²) >= 11 is 0. The molecule has 0 radical (unpaired) electrons. The van der Waals surface area contributed by atoms with Gasteiger partial charge in [-0.15, -0.1) is 0 Å². The fourth-order valence-corrected chi connectivity index (χ4v) is 1.72. The van der Waals surface area contributed by atoms with E-state index >= 15 is 0 Å². The molecule has 0 aliphatic rings. The molecule has 2 rings (SSSR count). The standard InChI is InChI=1S/C16H15N3O3/c1-11(20)18-14-6-2-12(3-7-14)10-17-19-15-8-4-13(5-9-15)16(21)22/h2-10,19H,1H3,(H,18,20)(H,21,22)/p-1/b17-10-. The Bertz CT molecular complexity index is 692. The van der Waals surface area contributed by atoms with Gasteiger partial charge in [0.2, 0.25) is 5.91 Å². The molecular formula is C16H14N3O3-. The van der Waals surface area contributed by atoms with Crippen molar-refractivity contribution in [1.82, 2.24) is 0 Å². The van der Waals surface area contributed by atoms with Crippen molar-refractivity contribution in [3.05, 3.63) is 59.7 Å².